The fourth-order valence-electron chi connectivity index (χ4n) is 4.27. The van der Waals surface area contributed by atoms with Crippen LogP contribution in [0.25, 0.3) is 10.9 Å². The Balaban J connectivity index is 1.29. The number of amides is 2. The number of rotatable bonds is 4. The highest BCUT2D eigenvalue weighted by Gasteiger charge is 2.25. The van der Waals surface area contributed by atoms with E-state index in [1.807, 2.05) is 41.3 Å². The first kappa shape index (κ1) is 20.5. The SMILES string of the molecule is O=C(CCc1ccc2c(c1)CN(C(=O)c1n[nH]c3ccccc13)CCO2)N1CCOCC1. The number of carbonyl (C=O) groups is 2. The number of benzene rings is 2. The van der Waals surface area contributed by atoms with Gasteiger partial charge < -0.3 is 19.3 Å². The highest BCUT2D eigenvalue weighted by molar-refractivity contribution is 6.04. The Hall–Kier alpha value is -3.39. The lowest BCUT2D eigenvalue weighted by atomic mass is 10.0. The van der Waals surface area contributed by atoms with Crippen molar-refractivity contribution in [2.24, 2.45) is 0 Å². The van der Waals surface area contributed by atoms with Crippen molar-refractivity contribution in [1.29, 1.82) is 0 Å². The fraction of sp³-hybridized carbons (Fsp3) is 0.375. The molecule has 3 aromatic rings. The number of hydrogen-bond acceptors (Lipinski definition) is 5. The second kappa shape index (κ2) is 9.00. The van der Waals surface area contributed by atoms with Crippen LogP contribution < -0.4 is 4.74 Å². The third kappa shape index (κ3) is 4.18. The van der Waals surface area contributed by atoms with Gasteiger partial charge in [0.1, 0.15) is 12.4 Å². The zero-order chi connectivity index (χ0) is 21.9. The maximum atomic E-state index is 13.2. The maximum absolute atomic E-state index is 13.2. The summed E-state index contributed by atoms with van der Waals surface area (Å²) in [6, 6.07) is 13.6. The smallest absolute Gasteiger partial charge is 0.275 e. The minimum absolute atomic E-state index is 0.119. The largest absolute Gasteiger partial charge is 0.491 e. The minimum atomic E-state index is -0.119. The second-order valence-corrected chi connectivity index (χ2v) is 8.13. The van der Waals surface area contributed by atoms with Crippen LogP contribution in [0.3, 0.4) is 0 Å². The van der Waals surface area contributed by atoms with Crippen LogP contribution in [0.1, 0.15) is 28.0 Å². The summed E-state index contributed by atoms with van der Waals surface area (Å²) in [5.41, 5.74) is 3.28. The zero-order valence-electron chi connectivity index (χ0n) is 17.9. The quantitative estimate of drug-likeness (QED) is 0.681. The van der Waals surface area contributed by atoms with Crippen molar-refractivity contribution in [3.8, 4) is 5.75 Å². The molecule has 0 bridgehead atoms. The number of aryl methyl sites for hydroxylation is 1. The van der Waals surface area contributed by atoms with E-state index in [0.29, 0.717) is 64.5 Å². The third-order valence-corrected chi connectivity index (χ3v) is 6.06. The summed E-state index contributed by atoms with van der Waals surface area (Å²) in [6.07, 6.45) is 1.11. The van der Waals surface area contributed by atoms with Crippen molar-refractivity contribution in [1.82, 2.24) is 20.0 Å². The molecular formula is C24H26N4O4. The van der Waals surface area contributed by atoms with Crippen LogP contribution in [0, 0.1) is 0 Å². The summed E-state index contributed by atoms with van der Waals surface area (Å²) < 4.78 is 11.2. The van der Waals surface area contributed by atoms with E-state index in [1.54, 1.807) is 4.90 Å². The van der Waals surface area contributed by atoms with Gasteiger partial charge in [0.05, 0.1) is 25.3 Å². The average Bonchev–Trinajstić information content (AvgIpc) is 3.15. The summed E-state index contributed by atoms with van der Waals surface area (Å²) in [7, 11) is 0. The Kier molecular flexibility index (Phi) is 5.77. The van der Waals surface area contributed by atoms with E-state index in [0.717, 1.165) is 27.8 Å². The van der Waals surface area contributed by atoms with Gasteiger partial charge in [-0.15, -0.1) is 0 Å². The molecule has 166 valence electrons. The van der Waals surface area contributed by atoms with Crippen LogP contribution >= 0.6 is 0 Å². The summed E-state index contributed by atoms with van der Waals surface area (Å²) >= 11 is 0. The van der Waals surface area contributed by atoms with Crippen LogP contribution in [0.2, 0.25) is 0 Å². The molecule has 1 saturated heterocycles. The number of carbonyl (C=O) groups excluding carboxylic acids is 2. The molecule has 1 aromatic heterocycles. The Morgan fingerprint density at radius 2 is 1.81 bits per heavy atom. The molecule has 8 nitrogen and oxygen atoms in total. The van der Waals surface area contributed by atoms with E-state index < -0.39 is 0 Å². The highest BCUT2D eigenvalue weighted by Crippen LogP contribution is 2.27. The fourth-order valence-corrected chi connectivity index (χ4v) is 4.27. The summed E-state index contributed by atoms with van der Waals surface area (Å²) in [4.78, 5) is 29.4. The number of H-pyrrole nitrogens is 1. The number of aromatic nitrogens is 2. The van der Waals surface area contributed by atoms with Gasteiger partial charge in [-0.3, -0.25) is 14.7 Å². The van der Waals surface area contributed by atoms with Gasteiger partial charge in [0.2, 0.25) is 5.91 Å². The molecule has 0 saturated carbocycles. The first-order chi connectivity index (χ1) is 15.7. The van der Waals surface area contributed by atoms with Gasteiger partial charge in [0.25, 0.3) is 5.91 Å². The zero-order valence-corrected chi connectivity index (χ0v) is 17.9. The molecule has 0 atom stereocenters. The molecule has 2 aromatic carbocycles. The number of hydrogen-bond donors (Lipinski definition) is 1. The van der Waals surface area contributed by atoms with E-state index in [4.69, 9.17) is 9.47 Å². The van der Waals surface area contributed by atoms with Gasteiger partial charge in [-0.05, 0) is 24.1 Å². The molecule has 2 aliphatic rings. The molecule has 0 spiro atoms. The number of para-hydroxylation sites is 1. The van der Waals surface area contributed by atoms with Gasteiger partial charge in [-0.2, -0.15) is 5.10 Å². The van der Waals surface area contributed by atoms with Crippen LogP contribution in [-0.4, -0.2) is 71.3 Å². The highest BCUT2D eigenvalue weighted by atomic mass is 16.5. The van der Waals surface area contributed by atoms with Crippen LogP contribution in [-0.2, 0) is 22.5 Å². The Morgan fingerprint density at radius 3 is 2.69 bits per heavy atom. The molecule has 0 unspecified atom stereocenters. The monoisotopic (exact) mass is 434 g/mol. The molecule has 3 heterocycles. The molecule has 2 amide bonds. The summed E-state index contributed by atoms with van der Waals surface area (Å²) in [5, 5.41) is 8.01. The van der Waals surface area contributed by atoms with E-state index >= 15 is 0 Å². The molecule has 32 heavy (non-hydrogen) atoms. The first-order valence-electron chi connectivity index (χ1n) is 11.0. The van der Waals surface area contributed by atoms with Crippen molar-refractivity contribution in [3.05, 3.63) is 59.3 Å². The molecule has 2 aliphatic heterocycles. The van der Waals surface area contributed by atoms with Gasteiger partial charge in [-0.25, -0.2) is 0 Å². The third-order valence-electron chi connectivity index (χ3n) is 6.06. The van der Waals surface area contributed by atoms with Crippen LogP contribution in [0.4, 0.5) is 0 Å². The summed E-state index contributed by atoms with van der Waals surface area (Å²) in [6.45, 7) is 3.90. The van der Waals surface area contributed by atoms with Crippen molar-refractivity contribution in [3.63, 3.8) is 0 Å². The topological polar surface area (TPSA) is 87.8 Å². The Labute approximate surface area is 186 Å². The summed E-state index contributed by atoms with van der Waals surface area (Å²) in [5.74, 6) is 0.823. The minimum Gasteiger partial charge on any atom is -0.491 e. The molecule has 0 radical (unpaired) electrons. The van der Waals surface area contributed by atoms with Crippen molar-refractivity contribution < 1.29 is 19.1 Å². The second-order valence-electron chi connectivity index (χ2n) is 8.13. The number of ether oxygens (including phenoxy) is 2. The average molecular weight is 434 g/mol. The lowest BCUT2D eigenvalue weighted by Crippen LogP contribution is -2.40. The standard InChI is InChI=1S/C24H26N4O4/c29-22(27-9-12-31-13-10-27)8-6-17-5-7-21-18(15-17)16-28(11-14-32-21)24(30)23-19-3-1-2-4-20(19)25-26-23/h1-5,7,15H,6,8-14,16H2,(H,25,26). The molecule has 1 N–H and O–H groups in total. The molecule has 1 fully saturated rings. The predicted octanol–water partition coefficient (Wildman–Crippen LogP) is 2.39. The Bertz CT molecular complexity index is 1140. The Morgan fingerprint density at radius 1 is 1.00 bits per heavy atom. The number of nitrogens with zero attached hydrogens (tertiary/aromatic N) is 3. The van der Waals surface area contributed by atoms with Crippen molar-refractivity contribution in [2.75, 3.05) is 39.5 Å². The van der Waals surface area contributed by atoms with E-state index in [-0.39, 0.29) is 11.8 Å². The van der Waals surface area contributed by atoms with Gasteiger partial charge in [0, 0.05) is 37.0 Å². The molecule has 5 rings (SSSR count). The van der Waals surface area contributed by atoms with Crippen molar-refractivity contribution >= 4 is 22.7 Å². The molecule has 0 aliphatic carbocycles. The molecular weight excluding hydrogens is 408 g/mol. The van der Waals surface area contributed by atoms with E-state index in [1.165, 1.54) is 0 Å². The lowest BCUT2D eigenvalue weighted by Gasteiger charge is -2.26. The van der Waals surface area contributed by atoms with E-state index in [9.17, 15) is 9.59 Å². The lowest BCUT2D eigenvalue weighted by molar-refractivity contribution is -0.135. The first-order valence-corrected chi connectivity index (χ1v) is 11.0. The van der Waals surface area contributed by atoms with Gasteiger partial charge in [-0.1, -0.05) is 30.3 Å². The number of nitrogens with one attached hydrogen (secondary N) is 1. The van der Waals surface area contributed by atoms with Crippen LogP contribution in [0.5, 0.6) is 5.75 Å². The number of aromatic amines is 1. The predicted molar refractivity (Wildman–Crippen MR) is 118 cm³/mol. The van der Waals surface area contributed by atoms with Gasteiger partial charge in [0.15, 0.2) is 5.69 Å². The normalized spacial score (nSPS) is 16.4. The number of fused-ring (bicyclic) bond motifs is 2. The van der Waals surface area contributed by atoms with Crippen molar-refractivity contribution in [2.45, 2.75) is 19.4 Å². The van der Waals surface area contributed by atoms with Gasteiger partial charge >= 0.3 is 0 Å². The molecule has 8 heteroatoms. The maximum Gasteiger partial charge on any atom is 0.275 e. The van der Waals surface area contributed by atoms with Crippen LogP contribution in [0.15, 0.2) is 42.5 Å². The number of morpholine rings is 1. The van der Waals surface area contributed by atoms with E-state index in [2.05, 4.69) is 16.3 Å².